The van der Waals surface area contributed by atoms with E-state index in [2.05, 4.69) is 0 Å². The van der Waals surface area contributed by atoms with Crippen LogP contribution in [0.2, 0.25) is 0 Å². The average molecular weight is 113 g/mol. The van der Waals surface area contributed by atoms with Gasteiger partial charge < -0.3 is 10.8 Å². The summed E-state index contributed by atoms with van der Waals surface area (Å²) in [5.74, 6) is -1.35. The second-order valence-corrected chi connectivity index (χ2v) is 1.60. The van der Waals surface area contributed by atoms with Crippen molar-refractivity contribution in [3.05, 3.63) is 0 Å². The van der Waals surface area contributed by atoms with Crippen LogP contribution < -0.4 is 5.73 Å². The van der Waals surface area contributed by atoms with Crippen LogP contribution in [-0.2, 0) is 4.79 Å². The Kier molecular flexibility index (Phi) is 3.27. The van der Waals surface area contributed by atoms with Gasteiger partial charge in [-0.25, -0.2) is 0 Å². The first-order valence-corrected chi connectivity index (χ1v) is 2.36. The van der Waals surface area contributed by atoms with Crippen molar-refractivity contribution in [3.8, 4) is 0 Å². The molecule has 0 aromatic carbocycles. The minimum absolute atomic E-state index is 0.0532. The van der Waals surface area contributed by atoms with Gasteiger partial charge >= 0.3 is 5.97 Å². The number of hydrogen-bond donors (Lipinski definition) is 2. The second kappa shape index (κ2) is 3.49. The van der Waals surface area contributed by atoms with E-state index in [4.69, 9.17) is 18.7 Å². The molecule has 0 amide bonds. The highest BCUT2D eigenvalue weighted by Gasteiger charge is 1.97. The van der Waals surface area contributed by atoms with Gasteiger partial charge in [0.25, 0.3) is 0 Å². The summed E-state index contributed by atoms with van der Waals surface area (Å²) in [6.07, 6.45) is 0.396. The predicted molar refractivity (Wildman–Crippen MR) is 30.6 cm³/mol. The monoisotopic (exact) mass is 113 g/mol. The van der Waals surface area contributed by atoms with Crippen LogP contribution >= 0.6 is 0 Å². The van der Waals surface area contributed by atoms with Crippen molar-refractivity contribution < 1.29 is 9.90 Å². The molecule has 3 N–H and O–H groups in total. The maximum Gasteiger partial charge on any atom is 0.303 e. The van der Waals surface area contributed by atoms with Crippen LogP contribution in [0.15, 0.2) is 0 Å². The van der Waals surface area contributed by atoms with E-state index in [1.54, 1.807) is 0 Å². The summed E-state index contributed by atoms with van der Waals surface area (Å²) in [7, 11) is 5.06. The third-order valence-electron chi connectivity index (χ3n) is 0.692. The van der Waals surface area contributed by atoms with E-state index in [0.29, 0.717) is 6.42 Å². The van der Waals surface area contributed by atoms with Gasteiger partial charge in [0.05, 0.1) is 7.85 Å². The zero-order valence-corrected chi connectivity index (χ0v) is 4.50. The quantitative estimate of drug-likeness (QED) is 0.476. The molecule has 0 heterocycles. The molecular formula is C4H8BNO2. The van der Waals surface area contributed by atoms with Crippen molar-refractivity contribution in [2.75, 3.05) is 0 Å². The van der Waals surface area contributed by atoms with Crippen LogP contribution in [0.1, 0.15) is 12.8 Å². The van der Waals surface area contributed by atoms with E-state index in [-0.39, 0.29) is 6.42 Å². The summed E-state index contributed by atoms with van der Waals surface area (Å²) >= 11 is 0. The van der Waals surface area contributed by atoms with Crippen molar-refractivity contribution in [2.45, 2.75) is 18.8 Å². The molecule has 0 fully saturated rings. The smallest absolute Gasteiger partial charge is 0.303 e. The minimum atomic E-state index is -0.856. The van der Waals surface area contributed by atoms with Gasteiger partial charge in [-0.1, -0.05) is 0 Å². The third kappa shape index (κ3) is 5.49. The van der Waals surface area contributed by atoms with Crippen LogP contribution in [0.4, 0.5) is 0 Å². The summed E-state index contributed by atoms with van der Waals surface area (Å²) in [4.78, 5) is 9.79. The lowest BCUT2D eigenvalue weighted by Gasteiger charge is -1.98. The van der Waals surface area contributed by atoms with Crippen LogP contribution in [-0.4, -0.2) is 24.9 Å². The van der Waals surface area contributed by atoms with Gasteiger partial charge in [-0.3, -0.25) is 4.79 Å². The zero-order chi connectivity index (χ0) is 6.57. The van der Waals surface area contributed by atoms with Gasteiger partial charge in [-0.05, 0) is 12.4 Å². The van der Waals surface area contributed by atoms with Gasteiger partial charge in [0, 0.05) is 6.42 Å². The number of carboxylic acid groups (broad SMARTS) is 1. The van der Waals surface area contributed by atoms with E-state index in [0.717, 1.165) is 0 Å². The van der Waals surface area contributed by atoms with Crippen LogP contribution in [0.3, 0.4) is 0 Å². The Balaban J connectivity index is 3.05. The van der Waals surface area contributed by atoms with Gasteiger partial charge in [0.15, 0.2) is 0 Å². The summed E-state index contributed by atoms with van der Waals surface area (Å²) in [5.41, 5.74) is 5.06. The first kappa shape index (κ1) is 7.49. The maximum atomic E-state index is 9.79. The number of aliphatic carboxylic acids is 1. The average Bonchev–Trinajstić information content (AvgIpc) is 1.61. The summed E-state index contributed by atoms with van der Waals surface area (Å²) in [6.45, 7) is 0. The van der Waals surface area contributed by atoms with Crippen molar-refractivity contribution in [1.29, 1.82) is 0 Å². The molecule has 0 aliphatic rings. The molecule has 0 aromatic heterocycles. The number of nitrogens with two attached hydrogens (primary N) is 1. The molecule has 0 bridgehead atoms. The van der Waals surface area contributed by atoms with E-state index >= 15 is 0 Å². The molecule has 0 spiro atoms. The normalized spacial score (nSPS) is 13.1. The molecule has 4 heteroatoms. The molecule has 8 heavy (non-hydrogen) atoms. The Morgan fingerprint density at radius 1 is 1.88 bits per heavy atom. The second-order valence-electron chi connectivity index (χ2n) is 1.60. The van der Waals surface area contributed by atoms with E-state index in [9.17, 15) is 4.79 Å². The first-order valence-electron chi connectivity index (χ1n) is 2.36. The fourth-order valence-corrected chi connectivity index (χ4v) is 0.290. The number of hydrogen-bond acceptors (Lipinski definition) is 2. The van der Waals surface area contributed by atoms with E-state index in [1.165, 1.54) is 0 Å². The summed E-state index contributed by atoms with van der Waals surface area (Å²) in [5, 5.41) is 8.05. The number of rotatable bonds is 3. The molecule has 0 saturated carbocycles. The molecule has 0 aliphatic carbocycles. The van der Waals surface area contributed by atoms with Crippen molar-refractivity contribution in [3.63, 3.8) is 0 Å². The molecular weight excluding hydrogens is 105 g/mol. The molecule has 1 unspecified atom stereocenters. The third-order valence-corrected chi connectivity index (χ3v) is 0.692. The standard InChI is InChI=1S/C4H8BNO2/c5-3(6)1-2-4(7)8/h3H,1-2,6H2,(H,7,8). The summed E-state index contributed by atoms with van der Waals surface area (Å²) < 4.78 is 0. The zero-order valence-electron chi connectivity index (χ0n) is 4.50. The predicted octanol–water partition coefficient (Wildman–Crippen LogP) is -0.696. The van der Waals surface area contributed by atoms with Gasteiger partial charge in [-0.15, -0.1) is 0 Å². The lowest BCUT2D eigenvalue weighted by Crippen LogP contribution is -2.20. The number of carbonyl (C=O) groups is 1. The minimum Gasteiger partial charge on any atom is -0.481 e. The van der Waals surface area contributed by atoms with E-state index in [1.807, 2.05) is 0 Å². The Hall–Kier alpha value is -0.505. The van der Waals surface area contributed by atoms with Crippen molar-refractivity contribution >= 4 is 13.8 Å². The highest BCUT2D eigenvalue weighted by atomic mass is 16.4. The molecule has 0 aromatic rings. The Labute approximate surface area is 49.3 Å². The molecule has 0 rings (SSSR count). The van der Waals surface area contributed by atoms with Crippen LogP contribution in [0.25, 0.3) is 0 Å². The number of carboxylic acids is 1. The molecule has 0 saturated heterocycles. The fraction of sp³-hybridized carbons (Fsp3) is 0.750. The van der Waals surface area contributed by atoms with E-state index < -0.39 is 11.9 Å². The molecule has 2 radical (unpaired) electrons. The van der Waals surface area contributed by atoms with Gasteiger partial charge in [0.1, 0.15) is 0 Å². The molecule has 1 atom stereocenters. The van der Waals surface area contributed by atoms with Crippen molar-refractivity contribution in [2.24, 2.45) is 5.73 Å². The summed E-state index contributed by atoms with van der Waals surface area (Å²) in [6, 6.07) is 0. The fourth-order valence-electron chi connectivity index (χ4n) is 0.290. The Morgan fingerprint density at radius 3 is 2.50 bits per heavy atom. The van der Waals surface area contributed by atoms with Crippen LogP contribution in [0, 0.1) is 0 Å². The molecule has 3 nitrogen and oxygen atoms in total. The van der Waals surface area contributed by atoms with Crippen LogP contribution in [0.5, 0.6) is 0 Å². The topological polar surface area (TPSA) is 63.3 Å². The molecule has 0 aliphatic heterocycles. The lowest BCUT2D eigenvalue weighted by molar-refractivity contribution is -0.137. The highest BCUT2D eigenvalue weighted by molar-refractivity contribution is 6.11. The largest absolute Gasteiger partial charge is 0.481 e. The SMILES string of the molecule is [B]C(N)CCC(=O)O. The Morgan fingerprint density at radius 2 is 2.38 bits per heavy atom. The van der Waals surface area contributed by atoms with Gasteiger partial charge in [-0.2, -0.15) is 0 Å². The van der Waals surface area contributed by atoms with Crippen molar-refractivity contribution in [1.82, 2.24) is 0 Å². The Bertz CT molecular complexity index is 84.1. The molecule has 44 valence electrons. The lowest BCUT2D eigenvalue weighted by atomic mass is 9.93. The van der Waals surface area contributed by atoms with Gasteiger partial charge in [0.2, 0.25) is 0 Å². The first-order chi connectivity index (χ1) is 3.63. The highest BCUT2D eigenvalue weighted by Crippen LogP contribution is 1.88. The maximum absolute atomic E-state index is 9.79.